The van der Waals surface area contributed by atoms with Crippen LogP contribution >= 0.6 is 0 Å². The number of rotatable bonds is 7. The van der Waals surface area contributed by atoms with Gasteiger partial charge in [-0.3, -0.25) is 4.90 Å². The highest BCUT2D eigenvalue weighted by atomic mass is 19.1. The van der Waals surface area contributed by atoms with Gasteiger partial charge in [-0.25, -0.2) is 9.37 Å². The van der Waals surface area contributed by atoms with Crippen LogP contribution in [0.15, 0.2) is 67.3 Å². The molecule has 28 heavy (non-hydrogen) atoms. The van der Waals surface area contributed by atoms with Gasteiger partial charge in [0.2, 0.25) is 0 Å². The monoisotopic (exact) mass is 380 g/mol. The van der Waals surface area contributed by atoms with Gasteiger partial charge in [-0.05, 0) is 35.4 Å². The third-order valence-electron chi connectivity index (χ3n) is 5.15. The van der Waals surface area contributed by atoms with E-state index >= 15 is 0 Å². The van der Waals surface area contributed by atoms with Gasteiger partial charge in [-0.1, -0.05) is 24.3 Å². The van der Waals surface area contributed by atoms with E-state index in [1.165, 1.54) is 17.7 Å². The molecule has 6 heteroatoms. The number of nitrogens with zero attached hydrogens (tertiary/aromatic N) is 3. The lowest BCUT2D eigenvalue weighted by atomic mass is 10.0. The fourth-order valence-electron chi connectivity index (χ4n) is 3.58. The molecule has 0 amide bonds. The molecule has 0 aliphatic carbocycles. The molecule has 1 atom stereocenters. The molecular weight excluding hydrogens is 355 g/mol. The Labute approximate surface area is 164 Å². The second-order valence-electron chi connectivity index (χ2n) is 6.98. The summed E-state index contributed by atoms with van der Waals surface area (Å²) in [6, 6.07) is 15.5. The highest BCUT2D eigenvalue weighted by Gasteiger charge is 2.22. The first-order chi connectivity index (χ1) is 13.8. The van der Waals surface area contributed by atoms with E-state index in [1.807, 2.05) is 22.9 Å². The minimum atomic E-state index is -0.199. The number of hydrogen-bond donors (Lipinski definition) is 1. The van der Waals surface area contributed by atoms with E-state index in [4.69, 9.17) is 4.74 Å². The van der Waals surface area contributed by atoms with E-state index in [0.29, 0.717) is 0 Å². The van der Waals surface area contributed by atoms with Gasteiger partial charge >= 0.3 is 0 Å². The predicted molar refractivity (Wildman–Crippen MR) is 107 cm³/mol. The summed E-state index contributed by atoms with van der Waals surface area (Å²) < 4.78 is 20.8. The second kappa shape index (κ2) is 9.10. The average Bonchev–Trinajstić information content (AvgIpc) is 3.28. The number of morpholine rings is 1. The lowest BCUT2D eigenvalue weighted by Crippen LogP contribution is -2.42. The molecule has 3 aromatic rings. The number of halogens is 1. The first-order valence-electron chi connectivity index (χ1n) is 9.65. The Bertz CT molecular complexity index is 843. The SMILES string of the molecule is Fc1ccc([C@@H](CNCc2ccc(-n3ccnc3)cc2)N2CCOCC2)cc1. The lowest BCUT2D eigenvalue weighted by Gasteiger charge is -2.35. The molecule has 2 heterocycles. The van der Waals surface area contributed by atoms with Crippen molar-refractivity contribution in [2.24, 2.45) is 0 Å². The van der Waals surface area contributed by atoms with E-state index in [-0.39, 0.29) is 11.9 Å². The van der Waals surface area contributed by atoms with E-state index in [9.17, 15) is 4.39 Å². The van der Waals surface area contributed by atoms with Crippen molar-refractivity contribution in [1.29, 1.82) is 0 Å². The Morgan fingerprint density at radius 3 is 2.46 bits per heavy atom. The van der Waals surface area contributed by atoms with Gasteiger partial charge in [0.1, 0.15) is 5.82 Å². The zero-order chi connectivity index (χ0) is 19.2. The third kappa shape index (κ3) is 4.65. The van der Waals surface area contributed by atoms with Crippen molar-refractivity contribution in [2.45, 2.75) is 12.6 Å². The first-order valence-corrected chi connectivity index (χ1v) is 9.65. The number of hydrogen-bond acceptors (Lipinski definition) is 4. The molecule has 4 rings (SSSR count). The fourth-order valence-corrected chi connectivity index (χ4v) is 3.58. The van der Waals surface area contributed by atoms with E-state index in [1.54, 1.807) is 12.5 Å². The fraction of sp³-hybridized carbons (Fsp3) is 0.318. The minimum absolute atomic E-state index is 0.199. The molecular formula is C22H25FN4O. The van der Waals surface area contributed by atoms with Crippen molar-refractivity contribution in [1.82, 2.24) is 19.8 Å². The van der Waals surface area contributed by atoms with Gasteiger partial charge in [-0.2, -0.15) is 0 Å². The van der Waals surface area contributed by atoms with Crippen LogP contribution in [0.25, 0.3) is 5.69 Å². The summed E-state index contributed by atoms with van der Waals surface area (Å²) in [5, 5.41) is 3.57. The maximum Gasteiger partial charge on any atom is 0.123 e. The summed E-state index contributed by atoms with van der Waals surface area (Å²) in [5.41, 5.74) is 3.45. The van der Waals surface area contributed by atoms with E-state index < -0.39 is 0 Å². The van der Waals surface area contributed by atoms with Gasteiger partial charge in [0.25, 0.3) is 0 Å². The molecule has 2 aromatic carbocycles. The van der Waals surface area contributed by atoms with E-state index in [2.05, 4.69) is 39.5 Å². The molecule has 1 aliphatic rings. The number of aromatic nitrogens is 2. The van der Waals surface area contributed by atoms with Crippen LogP contribution in [0.2, 0.25) is 0 Å². The summed E-state index contributed by atoms with van der Waals surface area (Å²) in [6.45, 7) is 4.86. The summed E-state index contributed by atoms with van der Waals surface area (Å²) >= 11 is 0. The Balaban J connectivity index is 1.39. The molecule has 0 spiro atoms. The summed E-state index contributed by atoms with van der Waals surface area (Å²) in [7, 11) is 0. The third-order valence-corrected chi connectivity index (χ3v) is 5.15. The molecule has 5 nitrogen and oxygen atoms in total. The molecule has 1 N–H and O–H groups in total. The highest BCUT2D eigenvalue weighted by Crippen LogP contribution is 2.22. The average molecular weight is 380 g/mol. The second-order valence-corrected chi connectivity index (χ2v) is 6.98. The molecule has 0 radical (unpaired) electrons. The van der Waals surface area contributed by atoms with Crippen LogP contribution in [0.5, 0.6) is 0 Å². The van der Waals surface area contributed by atoms with Gasteiger partial charge in [-0.15, -0.1) is 0 Å². The molecule has 146 valence electrons. The molecule has 1 aliphatic heterocycles. The number of ether oxygens (including phenoxy) is 1. The maximum absolute atomic E-state index is 13.3. The van der Waals surface area contributed by atoms with Crippen molar-refractivity contribution >= 4 is 0 Å². The molecule has 1 fully saturated rings. The van der Waals surface area contributed by atoms with Gasteiger partial charge in [0.05, 0.1) is 19.5 Å². The van der Waals surface area contributed by atoms with Crippen LogP contribution < -0.4 is 5.32 Å². The minimum Gasteiger partial charge on any atom is -0.379 e. The molecule has 0 saturated carbocycles. The molecule has 1 aromatic heterocycles. The quantitative estimate of drug-likeness (QED) is 0.684. The van der Waals surface area contributed by atoms with Crippen LogP contribution in [0.1, 0.15) is 17.2 Å². The summed E-state index contributed by atoms with van der Waals surface area (Å²) in [6.07, 6.45) is 5.50. The topological polar surface area (TPSA) is 42.3 Å². The molecule has 0 bridgehead atoms. The smallest absolute Gasteiger partial charge is 0.123 e. The van der Waals surface area contributed by atoms with Crippen molar-refractivity contribution in [3.63, 3.8) is 0 Å². The van der Waals surface area contributed by atoms with Crippen molar-refractivity contribution in [2.75, 3.05) is 32.8 Å². The van der Waals surface area contributed by atoms with Crippen LogP contribution in [0.4, 0.5) is 4.39 Å². The van der Waals surface area contributed by atoms with Crippen molar-refractivity contribution in [3.05, 3.63) is 84.2 Å². The molecule has 1 saturated heterocycles. The van der Waals surface area contributed by atoms with Gasteiger partial charge < -0.3 is 14.6 Å². The largest absolute Gasteiger partial charge is 0.379 e. The van der Waals surface area contributed by atoms with Crippen LogP contribution in [0.3, 0.4) is 0 Å². The zero-order valence-electron chi connectivity index (χ0n) is 15.8. The predicted octanol–water partition coefficient (Wildman–Crippen LogP) is 3.17. The first kappa shape index (κ1) is 18.8. The Morgan fingerprint density at radius 2 is 1.79 bits per heavy atom. The van der Waals surface area contributed by atoms with Crippen molar-refractivity contribution < 1.29 is 9.13 Å². The maximum atomic E-state index is 13.3. The number of benzene rings is 2. The normalized spacial score (nSPS) is 16.2. The Morgan fingerprint density at radius 1 is 1.04 bits per heavy atom. The zero-order valence-corrected chi connectivity index (χ0v) is 15.8. The molecule has 0 unspecified atom stereocenters. The van der Waals surface area contributed by atoms with Crippen LogP contribution in [-0.2, 0) is 11.3 Å². The van der Waals surface area contributed by atoms with Gasteiger partial charge in [0.15, 0.2) is 0 Å². The van der Waals surface area contributed by atoms with E-state index in [0.717, 1.165) is 50.6 Å². The van der Waals surface area contributed by atoms with Gasteiger partial charge in [0, 0.05) is 50.3 Å². The number of nitrogens with one attached hydrogen (secondary N) is 1. The summed E-state index contributed by atoms with van der Waals surface area (Å²) in [4.78, 5) is 6.49. The summed E-state index contributed by atoms with van der Waals surface area (Å²) in [5.74, 6) is -0.199. The van der Waals surface area contributed by atoms with Crippen LogP contribution in [0, 0.1) is 5.82 Å². The Kier molecular flexibility index (Phi) is 6.11. The van der Waals surface area contributed by atoms with Crippen molar-refractivity contribution in [3.8, 4) is 5.69 Å². The number of imidazole rings is 1. The Hall–Kier alpha value is -2.54. The highest BCUT2D eigenvalue weighted by molar-refractivity contribution is 5.34. The lowest BCUT2D eigenvalue weighted by molar-refractivity contribution is 0.0161. The van der Waals surface area contributed by atoms with Crippen LogP contribution in [-0.4, -0.2) is 47.3 Å². The standard InChI is InChI=1S/C22H25FN4O/c23-20-5-3-19(4-6-20)22(26-11-13-28-14-12-26)16-25-15-18-1-7-21(8-2-18)27-10-9-24-17-27/h1-10,17,22,25H,11-16H2/t22-/m1/s1.